The normalized spacial score (nSPS) is 11.6. The molecule has 6 heteroatoms. The second-order valence-electron chi connectivity index (χ2n) is 4.45. The Kier molecular flexibility index (Phi) is 4.49. The molecule has 0 aromatic heterocycles. The van der Waals surface area contributed by atoms with Crippen molar-refractivity contribution in [2.45, 2.75) is 5.75 Å². The van der Waals surface area contributed by atoms with Crippen molar-refractivity contribution in [2.24, 2.45) is 0 Å². The average Bonchev–Trinajstić information content (AvgIpc) is 2.46. The number of benzene rings is 2. The van der Waals surface area contributed by atoms with Crippen LogP contribution in [0.1, 0.15) is 11.1 Å². The molecule has 0 unspecified atom stereocenters. The van der Waals surface area contributed by atoms with Crippen LogP contribution in [0.25, 0.3) is 6.08 Å². The van der Waals surface area contributed by atoms with Gasteiger partial charge in [0.25, 0.3) is 5.69 Å². The highest BCUT2D eigenvalue weighted by atomic mass is 32.2. The van der Waals surface area contributed by atoms with Crippen molar-refractivity contribution < 1.29 is 13.3 Å². The van der Waals surface area contributed by atoms with Gasteiger partial charge in [-0.15, -0.1) is 0 Å². The Hall–Kier alpha value is -2.47. The Morgan fingerprint density at radius 3 is 2.43 bits per heavy atom. The maximum atomic E-state index is 12.0. The summed E-state index contributed by atoms with van der Waals surface area (Å²) < 4.78 is 24.0. The van der Waals surface area contributed by atoms with Gasteiger partial charge in [0.15, 0.2) is 9.84 Å². The molecule has 0 N–H and O–H groups in total. The number of nitrogens with zero attached hydrogens (tertiary/aromatic N) is 1. The highest BCUT2D eigenvalue weighted by Gasteiger charge is 2.11. The third kappa shape index (κ3) is 4.54. The summed E-state index contributed by atoms with van der Waals surface area (Å²) in [6, 6.07) is 14.7. The minimum Gasteiger partial charge on any atom is -0.258 e. The number of sulfone groups is 1. The highest BCUT2D eigenvalue weighted by molar-refractivity contribution is 7.93. The highest BCUT2D eigenvalue weighted by Crippen LogP contribution is 2.16. The van der Waals surface area contributed by atoms with E-state index in [1.54, 1.807) is 18.2 Å². The van der Waals surface area contributed by atoms with Gasteiger partial charge >= 0.3 is 0 Å². The lowest BCUT2D eigenvalue weighted by Gasteiger charge is -2.00. The summed E-state index contributed by atoms with van der Waals surface area (Å²) >= 11 is 0. The number of non-ortho nitro benzene ring substituents is 1. The summed E-state index contributed by atoms with van der Waals surface area (Å²) in [5.41, 5.74) is 1.05. The molecule has 0 spiro atoms. The van der Waals surface area contributed by atoms with Crippen molar-refractivity contribution >= 4 is 21.6 Å². The maximum Gasteiger partial charge on any atom is 0.269 e. The molecule has 0 saturated heterocycles. The Morgan fingerprint density at radius 1 is 1.05 bits per heavy atom. The van der Waals surface area contributed by atoms with Crippen LogP contribution in [0.4, 0.5) is 5.69 Å². The zero-order valence-electron chi connectivity index (χ0n) is 11.0. The first-order valence-electron chi connectivity index (χ1n) is 6.15. The van der Waals surface area contributed by atoms with Gasteiger partial charge in [-0.3, -0.25) is 10.1 Å². The van der Waals surface area contributed by atoms with Gasteiger partial charge in [-0.05, 0) is 17.2 Å². The Labute approximate surface area is 122 Å². The molecule has 0 bridgehead atoms. The molecule has 2 rings (SSSR count). The predicted octanol–water partition coefficient (Wildman–Crippen LogP) is 3.18. The minimum absolute atomic E-state index is 0.116. The van der Waals surface area contributed by atoms with E-state index >= 15 is 0 Å². The summed E-state index contributed by atoms with van der Waals surface area (Å²) in [5, 5.41) is 11.8. The lowest BCUT2D eigenvalue weighted by atomic mass is 10.2. The van der Waals surface area contributed by atoms with Gasteiger partial charge < -0.3 is 0 Å². The number of hydrogen-bond acceptors (Lipinski definition) is 4. The van der Waals surface area contributed by atoms with Crippen LogP contribution in [0.5, 0.6) is 0 Å². The van der Waals surface area contributed by atoms with Crippen molar-refractivity contribution in [3.63, 3.8) is 0 Å². The van der Waals surface area contributed by atoms with Crippen LogP contribution in [0.15, 0.2) is 60.0 Å². The van der Waals surface area contributed by atoms with Gasteiger partial charge in [0, 0.05) is 17.5 Å². The van der Waals surface area contributed by atoms with Crippen LogP contribution in [0.3, 0.4) is 0 Å². The Balaban J connectivity index is 2.16. The van der Waals surface area contributed by atoms with Crippen molar-refractivity contribution in [3.8, 4) is 0 Å². The van der Waals surface area contributed by atoms with Crippen molar-refractivity contribution in [1.29, 1.82) is 0 Å². The number of hydrogen-bond donors (Lipinski definition) is 0. The first-order chi connectivity index (χ1) is 9.96. The summed E-state index contributed by atoms with van der Waals surface area (Å²) in [5.74, 6) is -0.266. The van der Waals surface area contributed by atoms with Gasteiger partial charge in [0.05, 0.1) is 10.7 Å². The van der Waals surface area contributed by atoms with Gasteiger partial charge in [-0.2, -0.15) is 0 Å². The zero-order valence-corrected chi connectivity index (χ0v) is 11.9. The van der Waals surface area contributed by atoms with Crippen LogP contribution in [-0.2, 0) is 15.6 Å². The van der Waals surface area contributed by atoms with Crippen LogP contribution in [-0.4, -0.2) is 13.3 Å². The van der Waals surface area contributed by atoms with Crippen molar-refractivity contribution in [2.75, 3.05) is 0 Å². The van der Waals surface area contributed by atoms with Gasteiger partial charge in [0.2, 0.25) is 0 Å². The molecule has 5 nitrogen and oxygen atoms in total. The van der Waals surface area contributed by atoms with E-state index in [0.717, 1.165) is 11.0 Å². The molecule has 0 aliphatic heterocycles. The molecule has 0 aliphatic rings. The van der Waals surface area contributed by atoms with E-state index in [2.05, 4.69) is 0 Å². The third-order valence-electron chi connectivity index (χ3n) is 2.76. The molecule has 2 aromatic rings. The quantitative estimate of drug-likeness (QED) is 0.628. The SMILES string of the molecule is O=[N+]([O-])c1cccc(CS(=O)(=O)/C=C/c2ccccc2)c1. The molecule has 21 heavy (non-hydrogen) atoms. The van der Waals surface area contributed by atoms with E-state index in [4.69, 9.17) is 0 Å². The minimum atomic E-state index is -3.48. The molecule has 0 amide bonds. The average molecular weight is 303 g/mol. The standard InChI is InChI=1S/C15H13NO4S/c17-16(18)15-8-4-7-14(11-15)12-21(19,20)10-9-13-5-2-1-3-6-13/h1-11H,12H2/b10-9+. The fourth-order valence-corrected chi connectivity index (χ4v) is 2.89. The first kappa shape index (κ1) is 14.9. The van der Waals surface area contributed by atoms with Crippen LogP contribution in [0, 0.1) is 10.1 Å². The smallest absolute Gasteiger partial charge is 0.258 e. The van der Waals surface area contributed by atoms with Gasteiger partial charge in [-0.25, -0.2) is 8.42 Å². The first-order valence-corrected chi connectivity index (χ1v) is 7.87. The summed E-state index contributed by atoms with van der Waals surface area (Å²) in [6.07, 6.45) is 1.51. The molecule has 0 saturated carbocycles. The fraction of sp³-hybridized carbons (Fsp3) is 0.0667. The van der Waals surface area contributed by atoms with Crippen LogP contribution < -0.4 is 0 Å². The number of nitro benzene ring substituents is 1. The maximum absolute atomic E-state index is 12.0. The molecule has 108 valence electrons. The molecular formula is C15H13NO4S. The lowest BCUT2D eigenvalue weighted by Crippen LogP contribution is -2.00. The summed E-state index contributed by atoms with van der Waals surface area (Å²) in [7, 11) is -3.48. The predicted molar refractivity (Wildman–Crippen MR) is 81.2 cm³/mol. The Morgan fingerprint density at radius 2 is 1.76 bits per heavy atom. The molecule has 2 aromatic carbocycles. The molecule has 0 heterocycles. The number of rotatable bonds is 5. The van der Waals surface area contributed by atoms with Gasteiger partial charge in [-0.1, -0.05) is 42.5 Å². The van der Waals surface area contributed by atoms with E-state index in [1.165, 1.54) is 24.3 Å². The summed E-state index contributed by atoms with van der Waals surface area (Å²) in [6.45, 7) is 0. The fourth-order valence-electron chi connectivity index (χ4n) is 1.79. The molecule has 0 fully saturated rings. The number of nitro groups is 1. The second kappa shape index (κ2) is 6.32. The topological polar surface area (TPSA) is 77.3 Å². The van der Waals surface area contributed by atoms with E-state index in [1.807, 2.05) is 18.2 Å². The zero-order chi connectivity index (χ0) is 15.3. The molecule has 0 radical (unpaired) electrons. The molecule has 0 aliphatic carbocycles. The summed E-state index contributed by atoms with van der Waals surface area (Å²) in [4.78, 5) is 10.1. The lowest BCUT2D eigenvalue weighted by molar-refractivity contribution is -0.384. The van der Waals surface area contributed by atoms with E-state index < -0.39 is 14.8 Å². The van der Waals surface area contributed by atoms with E-state index in [9.17, 15) is 18.5 Å². The monoisotopic (exact) mass is 303 g/mol. The molecular weight excluding hydrogens is 290 g/mol. The van der Waals surface area contributed by atoms with Crippen molar-refractivity contribution in [1.82, 2.24) is 0 Å². The largest absolute Gasteiger partial charge is 0.269 e. The Bertz CT molecular complexity index is 767. The van der Waals surface area contributed by atoms with E-state index in [0.29, 0.717) is 5.56 Å². The third-order valence-corrected chi connectivity index (χ3v) is 4.04. The second-order valence-corrected chi connectivity index (χ2v) is 6.33. The van der Waals surface area contributed by atoms with Crippen LogP contribution >= 0.6 is 0 Å². The molecule has 0 atom stereocenters. The van der Waals surface area contributed by atoms with Crippen molar-refractivity contribution in [3.05, 3.63) is 81.2 Å². The van der Waals surface area contributed by atoms with Crippen LogP contribution in [0.2, 0.25) is 0 Å². The van der Waals surface area contributed by atoms with Gasteiger partial charge in [0.1, 0.15) is 0 Å². The van der Waals surface area contributed by atoms with E-state index in [-0.39, 0.29) is 11.4 Å².